The summed E-state index contributed by atoms with van der Waals surface area (Å²) in [4.78, 5) is 5.09. The smallest absolute Gasteiger partial charge is 0.252 e. The molecule has 69 heavy (non-hydrogen) atoms. The second-order valence-electron chi connectivity index (χ2n) is 23.9. The third-order valence-electron chi connectivity index (χ3n) is 15.1. The molecule has 0 fully saturated rings. The Balaban J connectivity index is 1.10. The van der Waals surface area contributed by atoms with Crippen LogP contribution in [0.4, 0.5) is 34.1 Å². The van der Waals surface area contributed by atoms with E-state index in [0.29, 0.717) is 0 Å². The number of fused-ring (bicyclic) bond motifs is 10. The Hall–Kier alpha value is -6.98. The van der Waals surface area contributed by atoms with Gasteiger partial charge in [-0.3, -0.25) is 0 Å². The highest BCUT2D eigenvalue weighted by Gasteiger charge is 2.45. The zero-order valence-electron chi connectivity index (χ0n) is 42.2. The molecule has 0 N–H and O–H groups in total. The van der Waals surface area contributed by atoms with Gasteiger partial charge >= 0.3 is 0 Å². The SMILES string of the molecule is CC(C)(C)c1ccc2c(c1)B1c3cc(C(C)(C)C)ccc3N(c3ccc4c(c3)oc3cc(C(C)(C)C)ccc34)c3cc(C(C)(C)C)cc(c31)N2c1ccc(-c2ccc3oc4ccccc4c3c2)cc1. The molecular weight excluding hydrogens is 840 g/mol. The molecule has 4 nitrogen and oxygen atoms in total. The van der Waals surface area contributed by atoms with Crippen molar-refractivity contribution in [2.75, 3.05) is 9.80 Å². The fourth-order valence-electron chi connectivity index (χ4n) is 11.0. The summed E-state index contributed by atoms with van der Waals surface area (Å²) in [6.07, 6.45) is 0. The van der Waals surface area contributed by atoms with Crippen LogP contribution in [0.1, 0.15) is 105 Å². The highest BCUT2D eigenvalue weighted by molar-refractivity contribution is 7.00. The molecule has 0 saturated carbocycles. The zero-order chi connectivity index (χ0) is 48.1. The topological polar surface area (TPSA) is 32.8 Å². The van der Waals surface area contributed by atoms with Crippen LogP contribution in [0.5, 0.6) is 0 Å². The predicted molar refractivity (Wildman–Crippen MR) is 295 cm³/mol. The lowest BCUT2D eigenvalue weighted by atomic mass is 9.33. The molecule has 8 aromatic carbocycles. The number of rotatable bonds is 3. The Kier molecular flexibility index (Phi) is 9.27. The molecule has 5 heteroatoms. The third-order valence-corrected chi connectivity index (χ3v) is 15.1. The van der Waals surface area contributed by atoms with Crippen molar-refractivity contribution >= 4 is 101 Å². The van der Waals surface area contributed by atoms with E-state index < -0.39 is 0 Å². The summed E-state index contributed by atoms with van der Waals surface area (Å²) in [6.45, 7) is 27.8. The van der Waals surface area contributed by atoms with Gasteiger partial charge in [0.25, 0.3) is 6.71 Å². The lowest BCUT2D eigenvalue weighted by molar-refractivity contribution is 0.587. The molecule has 0 aliphatic carbocycles. The standard InChI is InChI=1S/C64H61BN2O2/c1-61(2,3)40-21-28-52-50(32-40)65-51-33-41(62(4,5)6)22-29-53(51)67(45-25-27-48-47-26-20-42(63(7,8)9)36-58(47)69-59(48)37-45)55-35-43(64(10,11)12)34-54(60(55)65)66(52)44-23-17-38(18-24-44)39-19-30-57-49(31-39)46-15-13-14-16-56(46)68-57/h13-37H,1-12H3. The van der Waals surface area contributed by atoms with E-state index in [1.165, 1.54) is 72.5 Å². The summed E-state index contributed by atoms with van der Waals surface area (Å²) < 4.78 is 13.0. The highest BCUT2D eigenvalue weighted by atomic mass is 16.3. The molecule has 12 rings (SSSR count). The quantitative estimate of drug-likeness (QED) is 0.165. The minimum absolute atomic E-state index is 0.00680. The Bertz CT molecular complexity index is 3730. The van der Waals surface area contributed by atoms with Crippen LogP contribution in [0.3, 0.4) is 0 Å². The van der Waals surface area contributed by atoms with Crippen molar-refractivity contribution in [3.63, 3.8) is 0 Å². The number of hydrogen-bond donors (Lipinski definition) is 0. The van der Waals surface area contributed by atoms with E-state index >= 15 is 0 Å². The molecule has 2 aliphatic rings. The molecule has 2 aliphatic heterocycles. The number of hydrogen-bond acceptors (Lipinski definition) is 4. The van der Waals surface area contributed by atoms with Gasteiger partial charge in [0, 0.05) is 61.7 Å². The second-order valence-corrected chi connectivity index (χ2v) is 23.9. The molecule has 0 amide bonds. The molecule has 0 radical (unpaired) electrons. The minimum atomic E-state index is -0.141. The monoisotopic (exact) mass is 900 g/mol. The lowest BCUT2D eigenvalue weighted by Crippen LogP contribution is -2.61. The highest BCUT2D eigenvalue weighted by Crippen LogP contribution is 2.48. The van der Waals surface area contributed by atoms with Gasteiger partial charge in [-0.1, -0.05) is 156 Å². The number of para-hydroxylation sites is 1. The molecule has 0 bridgehead atoms. The van der Waals surface area contributed by atoms with Crippen molar-refractivity contribution < 1.29 is 8.83 Å². The summed E-state index contributed by atoms with van der Waals surface area (Å²) in [7, 11) is 0. The van der Waals surface area contributed by atoms with Crippen molar-refractivity contribution in [2.24, 2.45) is 0 Å². The normalized spacial score (nSPS) is 14.0. The molecule has 2 aromatic heterocycles. The van der Waals surface area contributed by atoms with Gasteiger partial charge in [0.1, 0.15) is 22.3 Å². The van der Waals surface area contributed by atoms with Gasteiger partial charge in [-0.05, 0) is 144 Å². The number of nitrogens with zero attached hydrogens (tertiary/aromatic N) is 2. The summed E-state index contributed by atoms with van der Waals surface area (Å²) >= 11 is 0. The van der Waals surface area contributed by atoms with E-state index in [1.807, 2.05) is 12.1 Å². The Morgan fingerprint density at radius 3 is 1.41 bits per heavy atom. The Morgan fingerprint density at radius 2 is 0.797 bits per heavy atom. The maximum atomic E-state index is 6.82. The van der Waals surface area contributed by atoms with Crippen molar-refractivity contribution in [1.82, 2.24) is 0 Å². The van der Waals surface area contributed by atoms with Crippen LogP contribution >= 0.6 is 0 Å². The maximum Gasteiger partial charge on any atom is 0.252 e. The number of anilines is 6. The summed E-state index contributed by atoms with van der Waals surface area (Å²) in [5, 5.41) is 4.56. The lowest BCUT2D eigenvalue weighted by Gasteiger charge is -2.45. The van der Waals surface area contributed by atoms with E-state index in [-0.39, 0.29) is 28.4 Å². The van der Waals surface area contributed by atoms with Gasteiger partial charge < -0.3 is 18.6 Å². The molecule has 10 aromatic rings. The Labute approximate surface area is 407 Å². The fraction of sp³-hybridized carbons (Fsp3) is 0.250. The van der Waals surface area contributed by atoms with Crippen molar-refractivity contribution in [2.45, 2.75) is 105 Å². The first kappa shape index (κ1) is 43.3. The summed E-state index contributed by atoms with van der Waals surface area (Å²) in [5.74, 6) is 0. The van der Waals surface area contributed by atoms with E-state index in [4.69, 9.17) is 8.83 Å². The molecule has 0 saturated heterocycles. The van der Waals surface area contributed by atoms with Crippen LogP contribution in [-0.2, 0) is 21.7 Å². The summed E-state index contributed by atoms with van der Waals surface area (Å²) in [6, 6.07) is 57.2. The maximum absolute atomic E-state index is 6.82. The van der Waals surface area contributed by atoms with Gasteiger partial charge in [-0.2, -0.15) is 0 Å². The zero-order valence-corrected chi connectivity index (χ0v) is 42.2. The number of benzene rings is 8. The molecular formula is C64H61BN2O2. The van der Waals surface area contributed by atoms with E-state index in [9.17, 15) is 0 Å². The molecule has 4 heterocycles. The van der Waals surface area contributed by atoms with Crippen LogP contribution in [0, 0.1) is 0 Å². The summed E-state index contributed by atoms with van der Waals surface area (Å²) in [5.41, 5.74) is 22.0. The van der Waals surface area contributed by atoms with Crippen molar-refractivity contribution in [3.05, 3.63) is 174 Å². The minimum Gasteiger partial charge on any atom is -0.456 e. The van der Waals surface area contributed by atoms with Crippen molar-refractivity contribution in [3.8, 4) is 11.1 Å². The average Bonchev–Trinajstić information content (AvgIpc) is 3.87. The van der Waals surface area contributed by atoms with Crippen LogP contribution in [-0.4, -0.2) is 6.71 Å². The Morgan fingerprint density at radius 1 is 0.333 bits per heavy atom. The molecule has 342 valence electrons. The first-order chi connectivity index (χ1) is 32.7. The van der Waals surface area contributed by atoms with Gasteiger partial charge in [-0.15, -0.1) is 0 Å². The van der Waals surface area contributed by atoms with Gasteiger partial charge in [0.2, 0.25) is 0 Å². The van der Waals surface area contributed by atoms with E-state index in [1.54, 1.807) is 0 Å². The first-order valence-electron chi connectivity index (χ1n) is 24.8. The molecule has 0 atom stereocenters. The number of furan rings is 2. The van der Waals surface area contributed by atoms with Gasteiger partial charge in [0.05, 0.1) is 0 Å². The second kappa shape index (κ2) is 14.8. The van der Waals surface area contributed by atoms with E-state index in [0.717, 1.165) is 55.3 Å². The fourth-order valence-corrected chi connectivity index (χ4v) is 11.0. The van der Waals surface area contributed by atoms with Crippen LogP contribution < -0.4 is 26.2 Å². The largest absolute Gasteiger partial charge is 0.456 e. The first-order valence-corrected chi connectivity index (χ1v) is 24.8. The van der Waals surface area contributed by atoms with Gasteiger partial charge in [0.15, 0.2) is 0 Å². The van der Waals surface area contributed by atoms with Crippen LogP contribution in [0.2, 0.25) is 0 Å². The van der Waals surface area contributed by atoms with E-state index in [2.05, 4.69) is 232 Å². The molecule has 0 spiro atoms. The third kappa shape index (κ3) is 6.94. The average molecular weight is 901 g/mol. The molecule has 0 unspecified atom stereocenters. The van der Waals surface area contributed by atoms with Gasteiger partial charge in [-0.25, -0.2) is 0 Å². The predicted octanol–water partition coefficient (Wildman–Crippen LogP) is 16.4. The van der Waals surface area contributed by atoms with Crippen LogP contribution in [0.25, 0.3) is 55.0 Å². The van der Waals surface area contributed by atoms with Crippen molar-refractivity contribution in [1.29, 1.82) is 0 Å². The van der Waals surface area contributed by atoms with Crippen LogP contribution in [0.15, 0.2) is 160 Å².